The Balaban J connectivity index is 1.58. The molecule has 2 unspecified atom stereocenters. The molecule has 0 amide bonds. The van der Waals surface area contributed by atoms with Crippen LogP contribution in [0.4, 0.5) is 5.82 Å². The first-order valence-electron chi connectivity index (χ1n) is 7.54. The molecule has 5 rings (SSSR count). The second-order valence-corrected chi connectivity index (χ2v) is 8.89. The molecule has 4 fully saturated rings. The van der Waals surface area contributed by atoms with Crippen molar-refractivity contribution in [1.29, 1.82) is 5.26 Å². The SMILES string of the molecule is CSc1nc(NC2C3CC4CC2CC(O)(C4)C3)c(C#N)s1. The van der Waals surface area contributed by atoms with Gasteiger partial charge in [0.05, 0.1) is 5.60 Å². The highest BCUT2D eigenvalue weighted by Gasteiger charge is 2.54. The third-order valence-electron chi connectivity index (χ3n) is 5.43. The molecule has 0 radical (unpaired) electrons. The summed E-state index contributed by atoms with van der Waals surface area (Å²) >= 11 is 3.05. The van der Waals surface area contributed by atoms with Gasteiger partial charge in [-0.15, -0.1) is 0 Å². The summed E-state index contributed by atoms with van der Waals surface area (Å²) in [6.07, 6.45) is 7.26. The number of thiazole rings is 1. The molecule has 1 heterocycles. The molecule has 4 bridgehead atoms. The van der Waals surface area contributed by atoms with Crippen LogP contribution in [0, 0.1) is 29.1 Å². The van der Waals surface area contributed by atoms with E-state index in [0.717, 1.165) is 29.4 Å². The minimum Gasteiger partial charge on any atom is -0.390 e. The van der Waals surface area contributed by atoms with Crippen LogP contribution in [-0.4, -0.2) is 28.0 Å². The minimum atomic E-state index is -0.404. The van der Waals surface area contributed by atoms with Crippen LogP contribution >= 0.6 is 23.1 Å². The first-order chi connectivity index (χ1) is 10.1. The van der Waals surface area contributed by atoms with E-state index < -0.39 is 5.60 Å². The van der Waals surface area contributed by atoms with Gasteiger partial charge in [0.25, 0.3) is 0 Å². The summed E-state index contributed by atoms with van der Waals surface area (Å²) < 4.78 is 0.941. The fraction of sp³-hybridized carbons (Fsp3) is 0.733. The molecule has 21 heavy (non-hydrogen) atoms. The zero-order chi connectivity index (χ0) is 14.6. The number of nitrogens with zero attached hydrogens (tertiary/aromatic N) is 2. The van der Waals surface area contributed by atoms with Crippen LogP contribution in [0.25, 0.3) is 0 Å². The number of aromatic nitrogens is 1. The summed E-state index contributed by atoms with van der Waals surface area (Å²) in [5.41, 5.74) is -0.404. The second kappa shape index (κ2) is 4.87. The Morgan fingerprint density at radius 1 is 1.38 bits per heavy atom. The van der Waals surface area contributed by atoms with Gasteiger partial charge in [0.15, 0.2) is 10.2 Å². The highest BCUT2D eigenvalue weighted by molar-refractivity contribution is 8.00. The van der Waals surface area contributed by atoms with E-state index in [-0.39, 0.29) is 0 Å². The molecule has 0 aromatic carbocycles. The van der Waals surface area contributed by atoms with E-state index in [1.54, 1.807) is 11.8 Å². The molecule has 0 aliphatic heterocycles. The average Bonchev–Trinajstić information content (AvgIpc) is 2.83. The summed E-state index contributed by atoms with van der Waals surface area (Å²) in [5.74, 6) is 2.54. The zero-order valence-corrected chi connectivity index (χ0v) is 13.6. The highest BCUT2D eigenvalue weighted by atomic mass is 32.2. The largest absolute Gasteiger partial charge is 0.390 e. The quantitative estimate of drug-likeness (QED) is 0.837. The monoisotopic (exact) mass is 321 g/mol. The first kappa shape index (κ1) is 13.9. The maximum Gasteiger partial charge on any atom is 0.156 e. The Labute approximate surface area is 133 Å². The maximum absolute atomic E-state index is 10.6. The number of nitriles is 1. The van der Waals surface area contributed by atoms with Crippen LogP contribution in [0.15, 0.2) is 4.34 Å². The topological polar surface area (TPSA) is 68.9 Å². The molecular weight excluding hydrogens is 302 g/mol. The van der Waals surface area contributed by atoms with Crippen molar-refractivity contribution >= 4 is 28.9 Å². The number of aliphatic hydroxyl groups is 1. The first-order valence-corrected chi connectivity index (χ1v) is 9.58. The number of hydrogen-bond donors (Lipinski definition) is 2. The number of rotatable bonds is 3. The summed E-state index contributed by atoms with van der Waals surface area (Å²) in [4.78, 5) is 5.24. The maximum atomic E-state index is 10.6. The van der Waals surface area contributed by atoms with E-state index in [4.69, 9.17) is 0 Å². The fourth-order valence-electron chi connectivity index (χ4n) is 4.94. The Kier molecular flexibility index (Phi) is 3.21. The lowest BCUT2D eigenvalue weighted by Gasteiger charge is -2.58. The fourth-order valence-corrected chi connectivity index (χ4v) is 6.26. The van der Waals surface area contributed by atoms with E-state index in [0.29, 0.717) is 28.7 Å². The second-order valence-electron chi connectivity index (χ2n) is 6.84. The standard InChI is InChI=1S/C15H19N3OS2/c1-20-14-18-13(11(7-16)21-14)17-12-9-2-8-3-10(12)6-15(19,4-8)5-9/h8-10,12,17,19H,2-6H2,1H3. The van der Waals surface area contributed by atoms with Crippen molar-refractivity contribution in [3.05, 3.63) is 4.88 Å². The van der Waals surface area contributed by atoms with E-state index in [2.05, 4.69) is 16.4 Å². The number of hydrogen-bond acceptors (Lipinski definition) is 6. The highest BCUT2D eigenvalue weighted by Crippen LogP contribution is 2.56. The summed E-state index contributed by atoms with van der Waals surface area (Å²) in [6, 6.07) is 2.64. The van der Waals surface area contributed by atoms with Crippen LogP contribution in [0.1, 0.15) is 37.0 Å². The van der Waals surface area contributed by atoms with Crippen LogP contribution in [0.5, 0.6) is 0 Å². The molecule has 6 heteroatoms. The van der Waals surface area contributed by atoms with Crippen molar-refractivity contribution in [2.24, 2.45) is 17.8 Å². The lowest BCUT2D eigenvalue weighted by atomic mass is 9.52. The summed E-state index contributed by atoms with van der Waals surface area (Å²) in [6.45, 7) is 0. The van der Waals surface area contributed by atoms with Crippen LogP contribution in [-0.2, 0) is 0 Å². The van der Waals surface area contributed by atoms with Gasteiger partial charge in [0.1, 0.15) is 10.9 Å². The molecule has 4 nitrogen and oxygen atoms in total. The number of thioether (sulfide) groups is 1. The molecular formula is C15H19N3OS2. The number of anilines is 1. The van der Waals surface area contributed by atoms with Crippen LogP contribution in [0.2, 0.25) is 0 Å². The minimum absolute atomic E-state index is 0.380. The molecule has 1 aromatic heterocycles. The molecule has 2 N–H and O–H groups in total. The molecule has 112 valence electrons. The lowest BCUT2D eigenvalue weighted by molar-refractivity contribution is -0.129. The van der Waals surface area contributed by atoms with Crippen molar-refractivity contribution in [3.8, 4) is 6.07 Å². The van der Waals surface area contributed by atoms with E-state index >= 15 is 0 Å². The smallest absolute Gasteiger partial charge is 0.156 e. The van der Waals surface area contributed by atoms with Gasteiger partial charge < -0.3 is 10.4 Å². The van der Waals surface area contributed by atoms with Gasteiger partial charge in [-0.05, 0) is 56.1 Å². The Morgan fingerprint density at radius 3 is 2.67 bits per heavy atom. The Morgan fingerprint density at radius 2 is 2.10 bits per heavy atom. The summed E-state index contributed by atoms with van der Waals surface area (Å²) in [5, 5.41) is 23.5. The third kappa shape index (κ3) is 2.26. The predicted octanol–water partition coefficient (Wildman–Crippen LogP) is 3.09. The van der Waals surface area contributed by atoms with Crippen LogP contribution < -0.4 is 5.32 Å². The van der Waals surface area contributed by atoms with Gasteiger partial charge in [0.2, 0.25) is 0 Å². The van der Waals surface area contributed by atoms with E-state index in [1.165, 1.54) is 24.2 Å². The van der Waals surface area contributed by atoms with Crippen molar-refractivity contribution in [2.45, 2.75) is 48.1 Å². The third-order valence-corrected chi connectivity index (χ3v) is 7.37. The molecule has 4 aliphatic rings. The molecule has 0 spiro atoms. The van der Waals surface area contributed by atoms with Gasteiger partial charge >= 0.3 is 0 Å². The van der Waals surface area contributed by atoms with Gasteiger partial charge in [-0.1, -0.05) is 23.1 Å². The van der Waals surface area contributed by atoms with Gasteiger partial charge in [-0.3, -0.25) is 0 Å². The van der Waals surface area contributed by atoms with Crippen molar-refractivity contribution in [1.82, 2.24) is 4.98 Å². The predicted molar refractivity (Wildman–Crippen MR) is 84.5 cm³/mol. The Hall–Kier alpha value is -0.770. The summed E-state index contributed by atoms with van der Waals surface area (Å²) in [7, 11) is 0. The van der Waals surface area contributed by atoms with Gasteiger partial charge in [-0.2, -0.15) is 5.26 Å². The Bertz CT molecular complexity index is 593. The van der Waals surface area contributed by atoms with E-state index in [9.17, 15) is 10.4 Å². The zero-order valence-electron chi connectivity index (χ0n) is 12.0. The van der Waals surface area contributed by atoms with Gasteiger partial charge in [-0.25, -0.2) is 4.98 Å². The van der Waals surface area contributed by atoms with Crippen LogP contribution in [0.3, 0.4) is 0 Å². The van der Waals surface area contributed by atoms with Crippen molar-refractivity contribution in [3.63, 3.8) is 0 Å². The average molecular weight is 321 g/mol. The molecule has 2 atom stereocenters. The van der Waals surface area contributed by atoms with Crippen molar-refractivity contribution in [2.75, 3.05) is 11.6 Å². The molecule has 4 saturated carbocycles. The molecule has 0 saturated heterocycles. The molecule has 1 aromatic rings. The lowest BCUT2D eigenvalue weighted by Crippen LogP contribution is -2.59. The normalized spacial score (nSPS) is 40.2. The van der Waals surface area contributed by atoms with Crippen molar-refractivity contribution < 1.29 is 5.11 Å². The number of nitrogens with one attached hydrogen (secondary N) is 1. The van der Waals surface area contributed by atoms with E-state index in [1.807, 2.05) is 6.26 Å². The molecule has 4 aliphatic carbocycles. The van der Waals surface area contributed by atoms with Gasteiger partial charge in [0, 0.05) is 6.04 Å².